The molecule has 1 heterocycles. The number of rotatable bonds is 7. The van der Waals surface area contributed by atoms with Gasteiger partial charge >= 0.3 is 5.97 Å². The number of hydrogen-bond donors (Lipinski definition) is 1. The highest BCUT2D eigenvalue weighted by Crippen LogP contribution is 2.40. The average molecular weight is 384 g/mol. The number of carboxylic acids is 1. The van der Waals surface area contributed by atoms with Crippen molar-refractivity contribution in [2.45, 2.75) is 33.6 Å². The molecule has 144 valence electrons. The Kier molecular flexibility index (Phi) is 6.39. The Morgan fingerprint density at radius 1 is 1.38 bits per heavy atom. The summed E-state index contributed by atoms with van der Waals surface area (Å²) in [6.45, 7) is 6.81. The van der Waals surface area contributed by atoms with Crippen LogP contribution in [0.3, 0.4) is 0 Å². The van der Waals surface area contributed by atoms with Crippen molar-refractivity contribution in [3.8, 4) is 11.5 Å². The van der Waals surface area contributed by atoms with Gasteiger partial charge in [0, 0.05) is 18.7 Å². The van der Waals surface area contributed by atoms with Gasteiger partial charge < -0.3 is 19.5 Å². The molecule has 7 heteroatoms. The molecular weight excluding hydrogens is 358 g/mol. The fourth-order valence-electron chi connectivity index (χ4n) is 3.27. The highest BCUT2D eigenvalue weighted by Gasteiger charge is 2.48. The molecular formula is C19H26ClNO5. The average Bonchev–Trinajstić information content (AvgIpc) is 3.06. The van der Waals surface area contributed by atoms with E-state index in [1.807, 2.05) is 20.8 Å². The number of carbonyl (C=O) groups excluding carboxylic acids is 1. The lowest BCUT2D eigenvalue weighted by atomic mass is 9.76. The minimum absolute atomic E-state index is 0.0688. The molecule has 1 aromatic carbocycles. The topological polar surface area (TPSA) is 76.1 Å². The number of ether oxygens (including phenoxy) is 2. The van der Waals surface area contributed by atoms with Crippen LogP contribution in [0.15, 0.2) is 12.1 Å². The Morgan fingerprint density at radius 2 is 2.08 bits per heavy atom. The van der Waals surface area contributed by atoms with Crippen molar-refractivity contribution < 1.29 is 24.2 Å². The number of carbonyl (C=O) groups is 2. The summed E-state index contributed by atoms with van der Waals surface area (Å²) < 4.78 is 10.9. The molecule has 26 heavy (non-hydrogen) atoms. The van der Waals surface area contributed by atoms with Crippen LogP contribution in [0.25, 0.3) is 0 Å². The van der Waals surface area contributed by atoms with E-state index >= 15 is 0 Å². The molecule has 1 fully saturated rings. The first-order valence-electron chi connectivity index (χ1n) is 8.79. The Balaban J connectivity index is 2.28. The molecule has 0 radical (unpaired) electrons. The van der Waals surface area contributed by atoms with E-state index in [4.69, 9.17) is 21.1 Å². The molecule has 0 bridgehead atoms. The molecule has 1 N–H and O–H groups in total. The Hall–Kier alpha value is -1.95. The van der Waals surface area contributed by atoms with Crippen LogP contribution in [0.2, 0.25) is 5.02 Å². The van der Waals surface area contributed by atoms with E-state index in [1.165, 1.54) is 7.11 Å². The van der Waals surface area contributed by atoms with Crippen LogP contribution in [-0.2, 0) is 4.79 Å². The van der Waals surface area contributed by atoms with E-state index < -0.39 is 11.4 Å². The third-order valence-corrected chi connectivity index (χ3v) is 5.33. The highest BCUT2D eigenvalue weighted by atomic mass is 35.5. The maximum absolute atomic E-state index is 12.9. The van der Waals surface area contributed by atoms with Crippen LogP contribution in [0.5, 0.6) is 11.5 Å². The largest absolute Gasteiger partial charge is 0.493 e. The van der Waals surface area contributed by atoms with Gasteiger partial charge in [0.25, 0.3) is 5.91 Å². The number of nitrogens with zero attached hydrogens (tertiary/aromatic N) is 1. The van der Waals surface area contributed by atoms with Crippen LogP contribution >= 0.6 is 11.6 Å². The molecule has 1 aromatic rings. The summed E-state index contributed by atoms with van der Waals surface area (Å²) in [5.41, 5.74) is -0.547. The lowest BCUT2D eigenvalue weighted by molar-refractivity contribution is -0.150. The second-order valence-corrected chi connectivity index (χ2v) is 7.34. The summed E-state index contributed by atoms with van der Waals surface area (Å²) in [6, 6.07) is 3.14. The zero-order valence-electron chi connectivity index (χ0n) is 15.7. The van der Waals surface area contributed by atoms with Gasteiger partial charge in [-0.1, -0.05) is 32.4 Å². The van der Waals surface area contributed by atoms with Gasteiger partial charge in [0.1, 0.15) is 0 Å². The van der Waals surface area contributed by atoms with Gasteiger partial charge in [0.05, 0.1) is 24.2 Å². The minimum atomic E-state index is -0.909. The standard InChI is InChI=1S/C19H26ClNO5/c1-5-8-26-16-14(20)9-13(10-15(16)25-4)17(22)21-7-6-19(11-21,12(2)3)18(23)24/h9-10,12H,5-8,11H2,1-4H3,(H,23,24). The molecule has 1 aliphatic heterocycles. The number of methoxy groups -OCH3 is 1. The van der Waals surface area contributed by atoms with E-state index in [0.29, 0.717) is 41.7 Å². The number of aliphatic carboxylic acids is 1. The van der Waals surface area contributed by atoms with E-state index in [9.17, 15) is 14.7 Å². The summed E-state index contributed by atoms with van der Waals surface area (Å²) >= 11 is 6.29. The zero-order valence-corrected chi connectivity index (χ0v) is 16.4. The lowest BCUT2D eigenvalue weighted by Crippen LogP contribution is -2.40. The van der Waals surface area contributed by atoms with Gasteiger partial charge in [-0.15, -0.1) is 0 Å². The molecule has 0 saturated carbocycles. The van der Waals surface area contributed by atoms with E-state index in [1.54, 1.807) is 17.0 Å². The van der Waals surface area contributed by atoms with Crippen LogP contribution in [0.4, 0.5) is 0 Å². The van der Waals surface area contributed by atoms with Gasteiger partial charge in [-0.3, -0.25) is 9.59 Å². The monoisotopic (exact) mass is 383 g/mol. The number of benzene rings is 1. The lowest BCUT2D eigenvalue weighted by Gasteiger charge is -2.28. The molecule has 6 nitrogen and oxygen atoms in total. The number of carboxylic acid groups (broad SMARTS) is 1. The molecule has 0 aromatic heterocycles. The maximum atomic E-state index is 12.9. The SMILES string of the molecule is CCCOc1c(Cl)cc(C(=O)N2CCC(C(=O)O)(C(C)C)C2)cc1OC. The van der Waals surface area contributed by atoms with Gasteiger partial charge in [0.15, 0.2) is 11.5 Å². The van der Waals surface area contributed by atoms with Gasteiger partial charge in [0.2, 0.25) is 0 Å². The smallest absolute Gasteiger partial charge is 0.311 e. The Morgan fingerprint density at radius 3 is 2.58 bits per heavy atom. The summed E-state index contributed by atoms with van der Waals surface area (Å²) in [6.07, 6.45) is 1.26. The van der Waals surface area contributed by atoms with Gasteiger partial charge in [-0.2, -0.15) is 0 Å². The van der Waals surface area contributed by atoms with E-state index in [0.717, 1.165) is 6.42 Å². The number of halogens is 1. The first-order chi connectivity index (χ1) is 12.3. The summed E-state index contributed by atoms with van der Waals surface area (Å²) in [4.78, 5) is 26.3. The van der Waals surface area contributed by atoms with Crippen molar-refractivity contribution in [1.29, 1.82) is 0 Å². The van der Waals surface area contributed by atoms with Crippen LogP contribution < -0.4 is 9.47 Å². The molecule has 1 aliphatic rings. The summed E-state index contributed by atoms with van der Waals surface area (Å²) in [5, 5.41) is 9.95. The Bertz CT molecular complexity index is 691. The van der Waals surface area contributed by atoms with Crippen molar-refractivity contribution >= 4 is 23.5 Å². The van der Waals surface area contributed by atoms with Crippen molar-refractivity contribution in [1.82, 2.24) is 4.90 Å². The summed E-state index contributed by atoms with van der Waals surface area (Å²) in [7, 11) is 1.49. The fourth-order valence-corrected chi connectivity index (χ4v) is 3.53. The third kappa shape index (κ3) is 3.75. The molecule has 1 amide bonds. The van der Waals surface area contributed by atoms with Crippen LogP contribution in [-0.4, -0.2) is 48.7 Å². The molecule has 0 spiro atoms. The third-order valence-electron chi connectivity index (χ3n) is 5.05. The van der Waals surface area contributed by atoms with Crippen molar-refractivity contribution in [2.75, 3.05) is 26.8 Å². The quantitative estimate of drug-likeness (QED) is 0.776. The predicted octanol–water partition coefficient (Wildman–Crippen LogP) is 3.71. The first-order valence-corrected chi connectivity index (χ1v) is 9.17. The van der Waals surface area contributed by atoms with Crippen molar-refractivity contribution in [2.24, 2.45) is 11.3 Å². The molecule has 0 aliphatic carbocycles. The normalized spacial score (nSPS) is 19.7. The second kappa shape index (κ2) is 8.16. The van der Waals surface area contributed by atoms with E-state index in [2.05, 4.69) is 0 Å². The maximum Gasteiger partial charge on any atom is 0.311 e. The second-order valence-electron chi connectivity index (χ2n) is 6.93. The fraction of sp³-hybridized carbons (Fsp3) is 0.579. The molecule has 2 rings (SSSR count). The molecule has 1 atom stereocenters. The molecule has 1 unspecified atom stereocenters. The van der Waals surface area contributed by atoms with E-state index in [-0.39, 0.29) is 18.4 Å². The van der Waals surface area contributed by atoms with Crippen LogP contribution in [0.1, 0.15) is 44.0 Å². The summed E-state index contributed by atoms with van der Waals surface area (Å²) in [5.74, 6) is -0.378. The van der Waals surface area contributed by atoms with Crippen molar-refractivity contribution in [3.05, 3.63) is 22.7 Å². The zero-order chi connectivity index (χ0) is 19.5. The van der Waals surface area contributed by atoms with Crippen LogP contribution in [0, 0.1) is 11.3 Å². The number of amides is 1. The Labute approximate surface area is 159 Å². The number of likely N-dealkylation sites (tertiary alicyclic amines) is 1. The minimum Gasteiger partial charge on any atom is -0.493 e. The predicted molar refractivity (Wildman–Crippen MR) is 99.2 cm³/mol. The van der Waals surface area contributed by atoms with Crippen molar-refractivity contribution in [3.63, 3.8) is 0 Å². The highest BCUT2D eigenvalue weighted by molar-refractivity contribution is 6.32. The van der Waals surface area contributed by atoms with Gasteiger partial charge in [-0.05, 0) is 30.9 Å². The first kappa shape index (κ1) is 20.4. The van der Waals surface area contributed by atoms with Gasteiger partial charge in [-0.25, -0.2) is 0 Å². The number of hydrogen-bond acceptors (Lipinski definition) is 4. The molecule has 1 saturated heterocycles.